The number of carbonyl (C=O) groups excluding carboxylic acids is 1. The van der Waals surface area contributed by atoms with E-state index in [0.29, 0.717) is 0 Å². The molecule has 0 saturated carbocycles. The summed E-state index contributed by atoms with van der Waals surface area (Å²) in [7, 11) is 0. The molecule has 0 rings (SSSR count). The third-order valence-corrected chi connectivity index (χ3v) is 0.654. The zero-order chi connectivity index (χ0) is 8.20. The number of hydrogen-bond acceptors (Lipinski definition) is 2. The standard InChI is InChI=1S/C5H5ClF2O2/c1-2-4(9)10-3-5(6,7)8/h2H,1,3H2. The van der Waals surface area contributed by atoms with Gasteiger partial charge in [0.05, 0.1) is 0 Å². The zero-order valence-corrected chi connectivity index (χ0v) is 5.70. The van der Waals surface area contributed by atoms with Gasteiger partial charge in [0, 0.05) is 6.08 Å². The van der Waals surface area contributed by atoms with Crippen LogP contribution in [0.5, 0.6) is 0 Å². The molecule has 0 radical (unpaired) electrons. The summed E-state index contributed by atoms with van der Waals surface area (Å²) in [6, 6.07) is 0. The van der Waals surface area contributed by atoms with E-state index < -0.39 is 18.0 Å². The van der Waals surface area contributed by atoms with Crippen LogP contribution in [0.15, 0.2) is 12.7 Å². The number of alkyl halides is 3. The quantitative estimate of drug-likeness (QED) is 0.365. The van der Waals surface area contributed by atoms with E-state index in [4.69, 9.17) is 0 Å². The van der Waals surface area contributed by atoms with Crippen molar-refractivity contribution in [1.29, 1.82) is 0 Å². The molecule has 0 fully saturated rings. The highest BCUT2D eigenvalue weighted by Crippen LogP contribution is 2.18. The molecule has 0 bridgehead atoms. The summed E-state index contributed by atoms with van der Waals surface area (Å²) in [6.45, 7) is 1.87. The first-order valence-corrected chi connectivity index (χ1v) is 2.69. The highest BCUT2D eigenvalue weighted by molar-refractivity contribution is 6.21. The van der Waals surface area contributed by atoms with Gasteiger partial charge in [-0.1, -0.05) is 6.58 Å². The lowest BCUT2D eigenvalue weighted by molar-refractivity contribution is -0.143. The van der Waals surface area contributed by atoms with Crippen LogP contribution in [-0.2, 0) is 9.53 Å². The van der Waals surface area contributed by atoms with E-state index in [0.717, 1.165) is 6.08 Å². The highest BCUT2D eigenvalue weighted by atomic mass is 35.5. The van der Waals surface area contributed by atoms with Crippen molar-refractivity contribution >= 4 is 17.6 Å². The first kappa shape index (κ1) is 9.36. The van der Waals surface area contributed by atoms with Gasteiger partial charge in [0.2, 0.25) is 0 Å². The molecular weight excluding hydrogens is 166 g/mol. The summed E-state index contributed by atoms with van der Waals surface area (Å²) in [5.74, 6) is -0.916. The fourth-order valence-electron chi connectivity index (χ4n) is 0.212. The SMILES string of the molecule is C=CC(=O)OCC(F)(F)Cl. The number of esters is 1. The highest BCUT2D eigenvalue weighted by Gasteiger charge is 2.26. The van der Waals surface area contributed by atoms with E-state index in [1.54, 1.807) is 0 Å². The van der Waals surface area contributed by atoms with E-state index in [1.807, 2.05) is 0 Å². The van der Waals surface area contributed by atoms with Crippen LogP contribution in [0.2, 0.25) is 0 Å². The van der Waals surface area contributed by atoms with Crippen molar-refractivity contribution in [2.75, 3.05) is 6.61 Å². The van der Waals surface area contributed by atoms with Crippen LogP contribution in [0.1, 0.15) is 0 Å². The Balaban J connectivity index is 3.55. The number of rotatable bonds is 3. The van der Waals surface area contributed by atoms with Crippen LogP contribution in [0.25, 0.3) is 0 Å². The average Bonchev–Trinajstić information content (AvgIpc) is 1.81. The number of ether oxygens (including phenoxy) is 1. The van der Waals surface area contributed by atoms with Gasteiger partial charge in [0.25, 0.3) is 0 Å². The van der Waals surface area contributed by atoms with Gasteiger partial charge < -0.3 is 4.74 Å². The van der Waals surface area contributed by atoms with Crippen LogP contribution in [0, 0.1) is 0 Å². The normalized spacial score (nSPS) is 10.7. The molecule has 10 heavy (non-hydrogen) atoms. The first-order chi connectivity index (χ1) is 4.45. The molecule has 58 valence electrons. The van der Waals surface area contributed by atoms with Crippen LogP contribution >= 0.6 is 11.6 Å². The number of hydrogen-bond donors (Lipinski definition) is 0. The Morgan fingerprint density at radius 3 is 2.60 bits per heavy atom. The molecule has 0 unspecified atom stereocenters. The molecule has 0 atom stereocenters. The van der Waals surface area contributed by atoms with Crippen LogP contribution in [0.4, 0.5) is 8.78 Å². The molecular formula is C5H5ClF2O2. The van der Waals surface area contributed by atoms with Gasteiger partial charge in [-0.05, 0) is 11.6 Å². The summed E-state index contributed by atoms with van der Waals surface area (Å²) < 4.78 is 27.3. The van der Waals surface area contributed by atoms with Gasteiger partial charge in [0.1, 0.15) is 0 Å². The molecule has 2 nitrogen and oxygen atoms in total. The average molecular weight is 171 g/mol. The Morgan fingerprint density at radius 2 is 2.30 bits per heavy atom. The first-order valence-electron chi connectivity index (χ1n) is 2.31. The van der Waals surface area contributed by atoms with Crippen molar-refractivity contribution in [2.24, 2.45) is 0 Å². The Kier molecular flexibility index (Phi) is 3.28. The number of carbonyl (C=O) groups is 1. The van der Waals surface area contributed by atoms with Crippen molar-refractivity contribution in [3.8, 4) is 0 Å². The topological polar surface area (TPSA) is 26.3 Å². The van der Waals surface area contributed by atoms with Gasteiger partial charge >= 0.3 is 11.4 Å². The molecule has 0 aliphatic heterocycles. The lowest BCUT2D eigenvalue weighted by Gasteiger charge is -2.05. The van der Waals surface area contributed by atoms with Crippen molar-refractivity contribution in [2.45, 2.75) is 5.38 Å². The molecule has 0 aliphatic rings. The van der Waals surface area contributed by atoms with Gasteiger partial charge in [-0.15, -0.1) is 0 Å². The molecule has 0 aromatic heterocycles. The molecule has 0 aromatic rings. The summed E-state index contributed by atoms with van der Waals surface area (Å²) in [5.41, 5.74) is 0. The van der Waals surface area contributed by atoms with E-state index in [2.05, 4.69) is 22.9 Å². The smallest absolute Gasteiger partial charge is 0.355 e. The minimum atomic E-state index is -3.49. The minimum absolute atomic E-state index is 0.780. The maximum atomic E-state index is 11.7. The predicted octanol–water partition coefficient (Wildman–Crippen LogP) is 1.55. The molecule has 0 heterocycles. The van der Waals surface area contributed by atoms with Crippen molar-refractivity contribution in [1.82, 2.24) is 0 Å². The maximum Gasteiger partial charge on any atom is 0.355 e. The van der Waals surface area contributed by atoms with Gasteiger partial charge in [-0.2, -0.15) is 8.78 Å². The largest absolute Gasteiger partial charge is 0.455 e. The maximum absolute atomic E-state index is 11.7. The van der Waals surface area contributed by atoms with E-state index in [9.17, 15) is 13.6 Å². The van der Waals surface area contributed by atoms with E-state index >= 15 is 0 Å². The summed E-state index contributed by atoms with van der Waals surface area (Å²) in [4.78, 5) is 10.1. The monoisotopic (exact) mass is 170 g/mol. The van der Waals surface area contributed by atoms with Crippen LogP contribution in [0.3, 0.4) is 0 Å². The van der Waals surface area contributed by atoms with E-state index in [1.165, 1.54) is 0 Å². The Bertz CT molecular complexity index is 141. The van der Waals surface area contributed by atoms with Crippen molar-refractivity contribution < 1.29 is 18.3 Å². The van der Waals surface area contributed by atoms with Crippen molar-refractivity contribution in [3.63, 3.8) is 0 Å². The second-order valence-corrected chi connectivity index (χ2v) is 1.98. The fourth-order valence-corrected chi connectivity index (χ4v) is 0.266. The fraction of sp³-hybridized carbons (Fsp3) is 0.400. The van der Waals surface area contributed by atoms with Gasteiger partial charge in [-0.25, -0.2) is 4.79 Å². The predicted molar refractivity (Wildman–Crippen MR) is 32.0 cm³/mol. The summed E-state index contributed by atoms with van der Waals surface area (Å²) in [5, 5.41) is -3.49. The molecule has 0 spiro atoms. The van der Waals surface area contributed by atoms with Gasteiger partial charge in [-0.3, -0.25) is 0 Å². The Morgan fingerprint density at radius 1 is 1.80 bits per heavy atom. The minimum Gasteiger partial charge on any atom is -0.455 e. The third-order valence-electron chi connectivity index (χ3n) is 0.545. The lowest BCUT2D eigenvalue weighted by atomic mass is 10.6. The molecule has 0 aromatic carbocycles. The zero-order valence-electron chi connectivity index (χ0n) is 4.94. The van der Waals surface area contributed by atoms with Crippen LogP contribution < -0.4 is 0 Å². The molecule has 0 amide bonds. The summed E-state index contributed by atoms with van der Waals surface area (Å²) in [6.07, 6.45) is 0.780. The molecule has 0 saturated heterocycles. The molecule has 0 aliphatic carbocycles. The van der Waals surface area contributed by atoms with Gasteiger partial charge in [0.15, 0.2) is 6.61 Å². The Hall–Kier alpha value is -0.640. The molecule has 5 heteroatoms. The van der Waals surface area contributed by atoms with Crippen molar-refractivity contribution in [3.05, 3.63) is 12.7 Å². The molecule has 0 N–H and O–H groups in total. The second kappa shape index (κ2) is 3.51. The second-order valence-electron chi connectivity index (χ2n) is 1.43. The van der Waals surface area contributed by atoms with Crippen LogP contribution in [-0.4, -0.2) is 18.0 Å². The Labute approximate surface area is 61.4 Å². The number of halogens is 3. The van der Waals surface area contributed by atoms with E-state index in [-0.39, 0.29) is 0 Å². The lowest BCUT2D eigenvalue weighted by Crippen LogP contribution is -2.17. The third kappa shape index (κ3) is 5.50. The summed E-state index contributed by atoms with van der Waals surface area (Å²) >= 11 is 4.39.